The Morgan fingerprint density at radius 2 is 2.21 bits per heavy atom. The Kier molecular flexibility index (Phi) is 5.31. The molecular weight excluding hydrogens is 240 g/mol. The molecule has 1 aromatic heterocycles. The molecule has 0 aliphatic carbocycles. The molecule has 0 aliphatic heterocycles. The normalized spacial score (nSPS) is 11.5. The number of pyridine rings is 1. The largest absolute Gasteiger partial charge is 0.373 e. The first-order chi connectivity index (χ1) is 8.99. The Hall–Kier alpha value is -2.09. The average molecular weight is 260 g/mol. The summed E-state index contributed by atoms with van der Waals surface area (Å²) in [6.45, 7) is 8.09. The van der Waals surface area contributed by atoms with Gasteiger partial charge in [-0.2, -0.15) is 5.26 Å². The molecule has 5 heteroatoms. The number of aromatic nitrogens is 1. The van der Waals surface area contributed by atoms with E-state index in [0.29, 0.717) is 23.5 Å². The second kappa shape index (κ2) is 6.74. The Bertz CT molecular complexity index is 505. The molecular formula is C14H20N4O. The van der Waals surface area contributed by atoms with E-state index in [0.717, 1.165) is 12.1 Å². The first-order valence-electron chi connectivity index (χ1n) is 6.42. The summed E-state index contributed by atoms with van der Waals surface area (Å²) in [5, 5.41) is 15.0. The number of carbonyl (C=O) groups excluding carboxylic acids is 1. The zero-order valence-electron chi connectivity index (χ0n) is 11.9. The lowest BCUT2D eigenvalue weighted by Gasteiger charge is -2.17. The van der Waals surface area contributed by atoms with Crippen molar-refractivity contribution in [2.24, 2.45) is 0 Å². The monoisotopic (exact) mass is 260 g/mol. The SMILES string of the molecule is CCCNC(=O)C(C)Nc1cc(C)nc(C)c1C#N. The van der Waals surface area contributed by atoms with Crippen LogP contribution in [0, 0.1) is 25.2 Å². The first kappa shape index (κ1) is 15.0. The van der Waals surface area contributed by atoms with Gasteiger partial charge in [-0.3, -0.25) is 9.78 Å². The van der Waals surface area contributed by atoms with Crippen LogP contribution in [-0.4, -0.2) is 23.5 Å². The smallest absolute Gasteiger partial charge is 0.242 e. The Balaban J connectivity index is 2.87. The molecule has 1 atom stereocenters. The standard InChI is InChI=1S/C14H20N4O/c1-5-6-16-14(19)11(4)18-13-7-9(2)17-10(3)12(13)8-15/h7,11H,5-6H2,1-4H3,(H,16,19)(H,17,18). The van der Waals surface area contributed by atoms with E-state index in [1.165, 1.54) is 0 Å². The van der Waals surface area contributed by atoms with Gasteiger partial charge in [0.25, 0.3) is 0 Å². The van der Waals surface area contributed by atoms with Gasteiger partial charge in [-0.15, -0.1) is 0 Å². The van der Waals surface area contributed by atoms with E-state index >= 15 is 0 Å². The highest BCUT2D eigenvalue weighted by molar-refractivity contribution is 5.84. The van der Waals surface area contributed by atoms with Crippen molar-refractivity contribution >= 4 is 11.6 Å². The number of nitrogens with zero attached hydrogens (tertiary/aromatic N) is 2. The second-order valence-corrected chi connectivity index (χ2v) is 4.54. The fourth-order valence-electron chi connectivity index (χ4n) is 1.78. The molecule has 0 radical (unpaired) electrons. The van der Waals surface area contributed by atoms with Crippen LogP contribution in [-0.2, 0) is 4.79 Å². The topological polar surface area (TPSA) is 77.8 Å². The average Bonchev–Trinajstić information content (AvgIpc) is 2.35. The Labute approximate surface area is 114 Å². The van der Waals surface area contributed by atoms with Gasteiger partial charge in [0.05, 0.1) is 16.9 Å². The molecule has 102 valence electrons. The summed E-state index contributed by atoms with van der Waals surface area (Å²) in [5.41, 5.74) is 2.64. The third-order valence-corrected chi connectivity index (χ3v) is 2.75. The van der Waals surface area contributed by atoms with Gasteiger partial charge in [0.1, 0.15) is 12.1 Å². The lowest BCUT2D eigenvalue weighted by atomic mass is 10.1. The highest BCUT2D eigenvalue weighted by Crippen LogP contribution is 2.19. The molecule has 1 amide bonds. The maximum absolute atomic E-state index is 11.8. The predicted octanol–water partition coefficient (Wildman–Crippen LogP) is 1.90. The van der Waals surface area contributed by atoms with Gasteiger partial charge < -0.3 is 10.6 Å². The van der Waals surface area contributed by atoms with Gasteiger partial charge >= 0.3 is 0 Å². The van der Waals surface area contributed by atoms with Crippen molar-refractivity contribution in [3.05, 3.63) is 23.0 Å². The summed E-state index contributed by atoms with van der Waals surface area (Å²) in [4.78, 5) is 16.0. The van der Waals surface area contributed by atoms with E-state index < -0.39 is 0 Å². The van der Waals surface area contributed by atoms with Gasteiger partial charge in [0.2, 0.25) is 5.91 Å². The van der Waals surface area contributed by atoms with Crippen molar-refractivity contribution in [1.82, 2.24) is 10.3 Å². The molecule has 1 heterocycles. The molecule has 0 aromatic carbocycles. The van der Waals surface area contributed by atoms with E-state index in [1.54, 1.807) is 19.9 Å². The third kappa shape index (κ3) is 3.95. The van der Waals surface area contributed by atoms with E-state index in [-0.39, 0.29) is 11.9 Å². The van der Waals surface area contributed by atoms with Gasteiger partial charge in [-0.1, -0.05) is 6.92 Å². The van der Waals surface area contributed by atoms with Gasteiger partial charge in [-0.05, 0) is 33.3 Å². The highest BCUT2D eigenvalue weighted by atomic mass is 16.2. The van der Waals surface area contributed by atoms with Gasteiger partial charge in [0, 0.05) is 12.2 Å². The number of nitriles is 1. The summed E-state index contributed by atoms with van der Waals surface area (Å²) in [6.07, 6.45) is 0.898. The quantitative estimate of drug-likeness (QED) is 0.847. The van der Waals surface area contributed by atoms with Crippen LogP contribution in [0.4, 0.5) is 5.69 Å². The van der Waals surface area contributed by atoms with E-state index in [2.05, 4.69) is 21.7 Å². The van der Waals surface area contributed by atoms with Crippen molar-refractivity contribution in [2.75, 3.05) is 11.9 Å². The molecule has 1 rings (SSSR count). The molecule has 0 aliphatic rings. The zero-order valence-corrected chi connectivity index (χ0v) is 11.9. The Morgan fingerprint density at radius 1 is 1.53 bits per heavy atom. The second-order valence-electron chi connectivity index (χ2n) is 4.54. The molecule has 5 nitrogen and oxygen atoms in total. The van der Waals surface area contributed by atoms with E-state index in [9.17, 15) is 4.79 Å². The summed E-state index contributed by atoms with van der Waals surface area (Å²) in [7, 11) is 0. The lowest BCUT2D eigenvalue weighted by Crippen LogP contribution is -2.38. The molecule has 0 saturated carbocycles. The van der Waals surface area contributed by atoms with Crippen LogP contribution >= 0.6 is 0 Å². The number of carbonyl (C=O) groups is 1. The van der Waals surface area contributed by atoms with Gasteiger partial charge in [-0.25, -0.2) is 0 Å². The van der Waals surface area contributed by atoms with Crippen molar-refractivity contribution in [2.45, 2.75) is 40.2 Å². The Morgan fingerprint density at radius 3 is 2.79 bits per heavy atom. The van der Waals surface area contributed by atoms with Crippen LogP contribution in [0.3, 0.4) is 0 Å². The number of aryl methyl sites for hydroxylation is 2. The number of anilines is 1. The molecule has 1 aromatic rings. The number of hydrogen-bond donors (Lipinski definition) is 2. The lowest BCUT2D eigenvalue weighted by molar-refractivity contribution is -0.121. The predicted molar refractivity (Wildman–Crippen MR) is 74.8 cm³/mol. The fraction of sp³-hybridized carbons (Fsp3) is 0.500. The van der Waals surface area contributed by atoms with Crippen LogP contribution in [0.1, 0.15) is 37.2 Å². The first-order valence-corrected chi connectivity index (χ1v) is 6.42. The molecule has 0 bridgehead atoms. The fourth-order valence-corrected chi connectivity index (χ4v) is 1.78. The molecule has 19 heavy (non-hydrogen) atoms. The molecule has 0 spiro atoms. The summed E-state index contributed by atoms with van der Waals surface area (Å²) >= 11 is 0. The summed E-state index contributed by atoms with van der Waals surface area (Å²) in [5.74, 6) is -0.0714. The number of rotatable bonds is 5. The van der Waals surface area contributed by atoms with Crippen molar-refractivity contribution in [1.29, 1.82) is 5.26 Å². The molecule has 1 unspecified atom stereocenters. The number of nitrogens with one attached hydrogen (secondary N) is 2. The van der Waals surface area contributed by atoms with Crippen molar-refractivity contribution in [3.8, 4) is 6.07 Å². The van der Waals surface area contributed by atoms with Crippen LogP contribution in [0.25, 0.3) is 0 Å². The maximum Gasteiger partial charge on any atom is 0.242 e. The number of hydrogen-bond acceptors (Lipinski definition) is 4. The molecule has 0 saturated heterocycles. The van der Waals surface area contributed by atoms with Crippen LogP contribution < -0.4 is 10.6 Å². The molecule has 2 N–H and O–H groups in total. The minimum atomic E-state index is -0.389. The summed E-state index contributed by atoms with van der Waals surface area (Å²) < 4.78 is 0. The van der Waals surface area contributed by atoms with Crippen LogP contribution in [0.5, 0.6) is 0 Å². The van der Waals surface area contributed by atoms with Crippen LogP contribution in [0.15, 0.2) is 6.07 Å². The van der Waals surface area contributed by atoms with Gasteiger partial charge in [0.15, 0.2) is 0 Å². The molecule has 0 fully saturated rings. The number of amides is 1. The maximum atomic E-state index is 11.8. The third-order valence-electron chi connectivity index (χ3n) is 2.75. The minimum Gasteiger partial charge on any atom is -0.373 e. The van der Waals surface area contributed by atoms with Crippen LogP contribution in [0.2, 0.25) is 0 Å². The zero-order chi connectivity index (χ0) is 14.4. The van der Waals surface area contributed by atoms with Crippen molar-refractivity contribution in [3.63, 3.8) is 0 Å². The van der Waals surface area contributed by atoms with E-state index in [1.807, 2.05) is 13.8 Å². The highest BCUT2D eigenvalue weighted by Gasteiger charge is 2.15. The summed E-state index contributed by atoms with van der Waals surface area (Å²) in [6, 6.07) is 3.52. The van der Waals surface area contributed by atoms with E-state index in [4.69, 9.17) is 5.26 Å². The van der Waals surface area contributed by atoms with Crippen molar-refractivity contribution < 1.29 is 4.79 Å². The minimum absolute atomic E-state index is 0.0714.